The van der Waals surface area contributed by atoms with Crippen molar-refractivity contribution in [3.8, 4) is 6.07 Å². The minimum Gasteiger partial charge on any atom is -0.192 e. The van der Waals surface area contributed by atoms with Crippen LogP contribution in [-0.2, 0) is 0 Å². The van der Waals surface area contributed by atoms with Gasteiger partial charge in [0.05, 0.1) is 11.6 Å². The molecule has 0 amide bonds. The summed E-state index contributed by atoms with van der Waals surface area (Å²) in [5.74, 6) is 1.67. The van der Waals surface area contributed by atoms with Crippen LogP contribution in [0, 0.1) is 23.2 Å². The summed E-state index contributed by atoms with van der Waals surface area (Å²) >= 11 is 0. The molecule has 0 radical (unpaired) electrons. The third kappa shape index (κ3) is 1.68. The fraction of sp³-hybridized carbons (Fsp3) is 0.278. The SMILES string of the molecule is N#Cc1ccc(C=C2C=C3C(=C2)C2CCC3C2)cc1. The van der Waals surface area contributed by atoms with E-state index in [9.17, 15) is 0 Å². The first-order valence-electron chi connectivity index (χ1n) is 6.99. The van der Waals surface area contributed by atoms with Crippen LogP contribution in [0.25, 0.3) is 6.08 Å². The minimum atomic E-state index is 0.722. The lowest BCUT2D eigenvalue weighted by Crippen LogP contribution is -1.99. The Morgan fingerprint density at radius 2 is 1.63 bits per heavy atom. The zero-order chi connectivity index (χ0) is 12.8. The van der Waals surface area contributed by atoms with Crippen LogP contribution in [0.3, 0.4) is 0 Å². The molecule has 1 aromatic carbocycles. The van der Waals surface area contributed by atoms with Crippen LogP contribution in [0.15, 0.2) is 53.1 Å². The van der Waals surface area contributed by atoms with Crippen molar-refractivity contribution in [2.75, 3.05) is 0 Å². The first-order chi connectivity index (χ1) is 9.33. The second kappa shape index (κ2) is 3.96. The molecule has 2 unspecified atom stereocenters. The van der Waals surface area contributed by atoms with Crippen molar-refractivity contribution in [3.63, 3.8) is 0 Å². The number of nitriles is 1. The van der Waals surface area contributed by atoms with Gasteiger partial charge in [-0.15, -0.1) is 0 Å². The molecule has 1 aromatic rings. The van der Waals surface area contributed by atoms with E-state index in [0.29, 0.717) is 0 Å². The zero-order valence-corrected chi connectivity index (χ0v) is 10.8. The van der Waals surface area contributed by atoms with Crippen molar-refractivity contribution >= 4 is 6.08 Å². The molecular formula is C18H15N. The van der Waals surface area contributed by atoms with Crippen molar-refractivity contribution < 1.29 is 0 Å². The highest BCUT2D eigenvalue weighted by atomic mass is 14.4. The number of hydrogen-bond donors (Lipinski definition) is 0. The Morgan fingerprint density at radius 1 is 1.00 bits per heavy atom. The molecule has 3 aliphatic rings. The molecule has 19 heavy (non-hydrogen) atoms. The van der Waals surface area contributed by atoms with E-state index in [1.165, 1.54) is 30.4 Å². The fourth-order valence-corrected chi connectivity index (χ4v) is 3.75. The first kappa shape index (κ1) is 10.8. The molecule has 0 spiro atoms. The van der Waals surface area contributed by atoms with Gasteiger partial charge in [-0.3, -0.25) is 0 Å². The second-order valence-corrected chi connectivity index (χ2v) is 5.78. The lowest BCUT2D eigenvalue weighted by molar-refractivity contribution is 0.658. The molecule has 2 bridgehead atoms. The quantitative estimate of drug-likeness (QED) is 0.726. The lowest BCUT2D eigenvalue weighted by atomic mass is 9.92. The molecular weight excluding hydrogens is 230 g/mol. The summed E-state index contributed by atoms with van der Waals surface area (Å²) in [5, 5.41) is 8.80. The van der Waals surface area contributed by atoms with Crippen molar-refractivity contribution in [1.29, 1.82) is 5.26 Å². The van der Waals surface area contributed by atoms with Gasteiger partial charge in [-0.25, -0.2) is 0 Å². The van der Waals surface area contributed by atoms with Crippen molar-refractivity contribution in [2.24, 2.45) is 11.8 Å². The zero-order valence-electron chi connectivity index (χ0n) is 10.8. The molecule has 2 atom stereocenters. The summed E-state index contributed by atoms with van der Waals surface area (Å²) in [6.45, 7) is 0. The van der Waals surface area contributed by atoms with Crippen LogP contribution < -0.4 is 0 Å². The molecule has 0 aromatic heterocycles. The molecule has 0 aliphatic heterocycles. The van der Waals surface area contributed by atoms with E-state index >= 15 is 0 Å². The average molecular weight is 245 g/mol. The summed E-state index contributed by atoms with van der Waals surface area (Å²) in [5.41, 5.74) is 6.44. The highest BCUT2D eigenvalue weighted by molar-refractivity contribution is 5.68. The molecule has 1 nitrogen and oxygen atoms in total. The van der Waals surface area contributed by atoms with Gasteiger partial charge in [0.15, 0.2) is 0 Å². The maximum Gasteiger partial charge on any atom is 0.0991 e. The summed E-state index contributed by atoms with van der Waals surface area (Å²) in [7, 11) is 0. The van der Waals surface area contributed by atoms with Crippen molar-refractivity contribution in [1.82, 2.24) is 0 Å². The Hall–Kier alpha value is -2.07. The molecule has 92 valence electrons. The van der Waals surface area contributed by atoms with E-state index in [1.807, 2.05) is 24.3 Å². The van der Waals surface area contributed by atoms with Gasteiger partial charge in [-0.2, -0.15) is 5.26 Å². The number of hydrogen-bond acceptors (Lipinski definition) is 1. The number of nitrogens with zero attached hydrogens (tertiary/aromatic N) is 1. The van der Waals surface area contributed by atoms with E-state index in [4.69, 9.17) is 5.26 Å². The van der Waals surface area contributed by atoms with E-state index in [2.05, 4.69) is 24.3 Å². The maximum atomic E-state index is 8.80. The number of fused-ring (bicyclic) bond motifs is 5. The van der Waals surface area contributed by atoms with E-state index < -0.39 is 0 Å². The Morgan fingerprint density at radius 3 is 2.21 bits per heavy atom. The molecule has 1 heteroatoms. The summed E-state index contributed by atoms with van der Waals surface area (Å²) in [6.07, 6.45) is 11.1. The Bertz CT molecular complexity index is 637. The maximum absolute atomic E-state index is 8.80. The molecule has 0 saturated heterocycles. The van der Waals surface area contributed by atoms with Gasteiger partial charge >= 0.3 is 0 Å². The van der Waals surface area contributed by atoms with Crippen LogP contribution in [0.1, 0.15) is 30.4 Å². The highest BCUT2D eigenvalue weighted by Gasteiger charge is 2.40. The smallest absolute Gasteiger partial charge is 0.0991 e. The number of allylic oxidation sites excluding steroid dienone is 5. The first-order valence-corrected chi connectivity index (χ1v) is 6.99. The van der Waals surface area contributed by atoms with E-state index in [1.54, 1.807) is 11.1 Å². The molecule has 2 saturated carbocycles. The molecule has 4 rings (SSSR count). The van der Waals surface area contributed by atoms with Crippen LogP contribution in [0.5, 0.6) is 0 Å². The van der Waals surface area contributed by atoms with Crippen LogP contribution >= 0.6 is 0 Å². The van der Waals surface area contributed by atoms with E-state index in [0.717, 1.165) is 17.4 Å². The van der Waals surface area contributed by atoms with Gasteiger partial charge < -0.3 is 0 Å². The van der Waals surface area contributed by atoms with E-state index in [-0.39, 0.29) is 0 Å². The normalized spacial score (nSPS) is 26.8. The van der Waals surface area contributed by atoms with Gasteiger partial charge in [0.25, 0.3) is 0 Å². The van der Waals surface area contributed by atoms with Gasteiger partial charge in [0.1, 0.15) is 0 Å². The topological polar surface area (TPSA) is 23.8 Å². The molecule has 2 fully saturated rings. The van der Waals surface area contributed by atoms with Crippen molar-refractivity contribution in [2.45, 2.75) is 19.3 Å². The Labute approximate surface area is 113 Å². The predicted octanol–water partition coefficient (Wildman–Crippen LogP) is 4.24. The molecule has 3 aliphatic carbocycles. The number of benzene rings is 1. The van der Waals surface area contributed by atoms with Gasteiger partial charge in [-0.05, 0) is 71.6 Å². The average Bonchev–Trinajstić information content (AvgIpc) is 3.11. The third-order valence-electron chi connectivity index (χ3n) is 4.66. The predicted molar refractivity (Wildman–Crippen MR) is 76.1 cm³/mol. The second-order valence-electron chi connectivity index (χ2n) is 5.78. The van der Waals surface area contributed by atoms with Crippen molar-refractivity contribution in [3.05, 3.63) is 64.3 Å². The van der Waals surface area contributed by atoms with Crippen LogP contribution in [0.4, 0.5) is 0 Å². The van der Waals surface area contributed by atoms with Gasteiger partial charge in [0.2, 0.25) is 0 Å². The largest absolute Gasteiger partial charge is 0.192 e. The molecule has 0 N–H and O–H groups in total. The third-order valence-corrected chi connectivity index (χ3v) is 4.66. The van der Waals surface area contributed by atoms with Crippen LogP contribution in [0.2, 0.25) is 0 Å². The van der Waals surface area contributed by atoms with Gasteiger partial charge in [0, 0.05) is 0 Å². The standard InChI is InChI=1S/C18H15N/c19-11-13-3-1-12(2-4-13)7-14-8-17-15-5-6-16(10-15)18(17)9-14/h1-4,7-9,15-16H,5-6,10H2. The monoisotopic (exact) mass is 245 g/mol. The summed E-state index contributed by atoms with van der Waals surface area (Å²) in [6, 6.07) is 9.96. The Balaban J connectivity index is 1.66. The summed E-state index contributed by atoms with van der Waals surface area (Å²) in [4.78, 5) is 0. The van der Waals surface area contributed by atoms with Crippen LogP contribution in [-0.4, -0.2) is 0 Å². The summed E-state index contributed by atoms with van der Waals surface area (Å²) < 4.78 is 0. The van der Waals surface area contributed by atoms with Gasteiger partial charge in [-0.1, -0.05) is 24.3 Å². The number of rotatable bonds is 1. The molecule has 0 heterocycles. The fourth-order valence-electron chi connectivity index (χ4n) is 3.75. The highest BCUT2D eigenvalue weighted by Crippen LogP contribution is 2.54. The lowest BCUT2D eigenvalue weighted by Gasteiger charge is -2.12. The minimum absolute atomic E-state index is 0.722. The Kier molecular flexibility index (Phi) is 2.26.